The molecule has 20 heavy (non-hydrogen) atoms. The number of nitrogens with one attached hydrogen (secondary N) is 1. The zero-order valence-corrected chi connectivity index (χ0v) is 13.3. The molecule has 0 saturated heterocycles. The van der Waals surface area contributed by atoms with E-state index < -0.39 is 10.7 Å². The van der Waals surface area contributed by atoms with Crippen molar-refractivity contribution >= 4 is 38.6 Å². The minimum absolute atomic E-state index is 0.198. The summed E-state index contributed by atoms with van der Waals surface area (Å²) in [7, 11) is 0. The van der Waals surface area contributed by atoms with Gasteiger partial charge >= 0.3 is 0 Å². The van der Waals surface area contributed by atoms with Crippen molar-refractivity contribution in [2.24, 2.45) is 0 Å². The molecule has 0 amide bonds. The molecule has 1 aromatic carbocycles. The molecule has 1 heterocycles. The van der Waals surface area contributed by atoms with Crippen molar-refractivity contribution in [3.05, 3.63) is 53.9 Å². The Kier molecular flexibility index (Phi) is 4.39. The van der Waals surface area contributed by atoms with E-state index in [9.17, 15) is 14.5 Å². The van der Waals surface area contributed by atoms with E-state index in [1.165, 1.54) is 16.5 Å². The number of benzene rings is 1. The van der Waals surface area contributed by atoms with Crippen LogP contribution in [0.15, 0.2) is 22.7 Å². The first kappa shape index (κ1) is 14.9. The van der Waals surface area contributed by atoms with Gasteiger partial charge in [0, 0.05) is 16.3 Å². The van der Waals surface area contributed by atoms with E-state index in [1.807, 2.05) is 19.9 Å². The number of aryl methyl sites for hydroxylation is 2. The third-order valence-electron chi connectivity index (χ3n) is 2.91. The van der Waals surface area contributed by atoms with E-state index >= 15 is 0 Å². The van der Waals surface area contributed by atoms with Gasteiger partial charge in [-0.2, -0.15) is 0 Å². The van der Waals surface area contributed by atoms with Crippen LogP contribution in [0.3, 0.4) is 0 Å². The summed E-state index contributed by atoms with van der Waals surface area (Å²) in [6.45, 7) is 4.52. The second-order valence-corrected chi connectivity index (χ2v) is 6.54. The molecule has 7 heteroatoms. The Morgan fingerprint density at radius 1 is 1.40 bits per heavy atom. The third kappa shape index (κ3) is 3.16. The minimum atomic E-state index is -0.648. The predicted molar refractivity (Wildman–Crippen MR) is 81.9 cm³/mol. The SMILES string of the molecule is Cc1cc(CNc2cc(Br)c(F)cc2[N+](=O)[O-])sc1C. The van der Waals surface area contributed by atoms with E-state index in [2.05, 4.69) is 21.2 Å². The van der Waals surface area contributed by atoms with Gasteiger partial charge in [-0.05, 0) is 47.5 Å². The number of nitrogens with zero attached hydrogens (tertiary/aromatic N) is 1. The van der Waals surface area contributed by atoms with Crippen molar-refractivity contribution in [3.8, 4) is 0 Å². The summed E-state index contributed by atoms with van der Waals surface area (Å²) < 4.78 is 13.6. The molecule has 0 saturated carbocycles. The zero-order chi connectivity index (χ0) is 14.9. The maximum absolute atomic E-state index is 13.4. The quantitative estimate of drug-likeness (QED) is 0.631. The van der Waals surface area contributed by atoms with Crippen molar-refractivity contribution in [2.45, 2.75) is 20.4 Å². The van der Waals surface area contributed by atoms with Gasteiger partial charge in [0.2, 0.25) is 0 Å². The molecule has 106 valence electrons. The molecule has 2 aromatic rings. The molecule has 0 aliphatic rings. The number of anilines is 1. The highest BCUT2D eigenvalue weighted by Gasteiger charge is 2.17. The minimum Gasteiger partial charge on any atom is -0.375 e. The first-order valence-electron chi connectivity index (χ1n) is 5.81. The first-order chi connectivity index (χ1) is 9.38. The molecule has 4 nitrogen and oxygen atoms in total. The van der Waals surface area contributed by atoms with Gasteiger partial charge in [-0.25, -0.2) is 4.39 Å². The van der Waals surface area contributed by atoms with Crippen molar-refractivity contribution in [1.82, 2.24) is 0 Å². The summed E-state index contributed by atoms with van der Waals surface area (Å²) in [6, 6.07) is 4.34. The third-order valence-corrected chi connectivity index (χ3v) is 4.67. The largest absolute Gasteiger partial charge is 0.375 e. The van der Waals surface area contributed by atoms with Gasteiger partial charge in [-0.15, -0.1) is 11.3 Å². The molecule has 0 radical (unpaired) electrons. The van der Waals surface area contributed by atoms with Crippen LogP contribution in [0.25, 0.3) is 0 Å². The second-order valence-electron chi connectivity index (χ2n) is 4.35. The van der Waals surface area contributed by atoms with E-state index in [4.69, 9.17) is 0 Å². The Morgan fingerprint density at radius 3 is 2.65 bits per heavy atom. The van der Waals surface area contributed by atoms with Crippen LogP contribution in [-0.2, 0) is 6.54 Å². The molecule has 1 aromatic heterocycles. The molecule has 0 atom stereocenters. The van der Waals surface area contributed by atoms with E-state index in [0.29, 0.717) is 12.2 Å². The lowest BCUT2D eigenvalue weighted by Gasteiger charge is -2.07. The van der Waals surface area contributed by atoms with E-state index in [1.54, 1.807) is 11.3 Å². The van der Waals surface area contributed by atoms with Gasteiger partial charge in [0.15, 0.2) is 0 Å². The predicted octanol–water partition coefficient (Wildman–Crippen LogP) is 4.79. The van der Waals surface area contributed by atoms with E-state index in [0.717, 1.165) is 10.9 Å². The highest BCUT2D eigenvalue weighted by molar-refractivity contribution is 9.10. The van der Waals surface area contributed by atoms with Gasteiger partial charge < -0.3 is 5.32 Å². The molecule has 2 rings (SSSR count). The number of rotatable bonds is 4. The monoisotopic (exact) mass is 358 g/mol. The maximum Gasteiger partial charge on any atom is 0.295 e. The highest BCUT2D eigenvalue weighted by Crippen LogP contribution is 2.31. The van der Waals surface area contributed by atoms with Crippen LogP contribution in [0.2, 0.25) is 0 Å². The van der Waals surface area contributed by atoms with Crippen molar-refractivity contribution in [1.29, 1.82) is 0 Å². The average Bonchev–Trinajstić information content (AvgIpc) is 2.69. The molecule has 0 bridgehead atoms. The number of nitro benzene ring substituents is 1. The summed E-state index contributed by atoms with van der Waals surface area (Å²) in [5.41, 5.74) is 1.23. The lowest BCUT2D eigenvalue weighted by Crippen LogP contribution is -2.02. The molecule has 0 aliphatic carbocycles. The molecular weight excluding hydrogens is 347 g/mol. The van der Waals surface area contributed by atoms with Crippen LogP contribution >= 0.6 is 27.3 Å². The Morgan fingerprint density at radius 2 is 2.10 bits per heavy atom. The van der Waals surface area contributed by atoms with Crippen molar-refractivity contribution in [2.75, 3.05) is 5.32 Å². The standard InChI is InChI=1S/C13H12BrFN2O2S/c1-7-3-9(20-8(7)2)6-16-12-4-10(14)11(15)5-13(12)17(18)19/h3-5,16H,6H2,1-2H3. The fourth-order valence-corrected chi connectivity index (χ4v) is 3.08. The van der Waals surface area contributed by atoms with Crippen LogP contribution in [0, 0.1) is 29.8 Å². The second kappa shape index (κ2) is 5.88. The maximum atomic E-state index is 13.4. The van der Waals surface area contributed by atoms with Crippen molar-refractivity contribution < 1.29 is 9.31 Å². The summed E-state index contributed by atoms with van der Waals surface area (Å²) in [6.07, 6.45) is 0. The summed E-state index contributed by atoms with van der Waals surface area (Å²) >= 11 is 4.67. The Hall–Kier alpha value is -1.47. The average molecular weight is 359 g/mol. The summed E-state index contributed by atoms with van der Waals surface area (Å²) in [4.78, 5) is 12.6. The summed E-state index contributed by atoms with van der Waals surface area (Å²) in [5.74, 6) is -0.648. The number of halogens is 2. The highest BCUT2D eigenvalue weighted by atomic mass is 79.9. The van der Waals surface area contributed by atoms with Gasteiger partial charge in [-0.3, -0.25) is 10.1 Å². The fraction of sp³-hybridized carbons (Fsp3) is 0.231. The normalized spacial score (nSPS) is 10.6. The van der Waals surface area contributed by atoms with Gasteiger partial charge in [0.05, 0.1) is 15.5 Å². The summed E-state index contributed by atoms with van der Waals surface area (Å²) in [5, 5.41) is 13.9. The fourth-order valence-electron chi connectivity index (χ4n) is 1.75. The molecule has 0 spiro atoms. The van der Waals surface area contributed by atoms with Crippen LogP contribution in [-0.4, -0.2) is 4.92 Å². The van der Waals surface area contributed by atoms with Crippen LogP contribution in [0.1, 0.15) is 15.3 Å². The molecule has 0 aliphatic heterocycles. The van der Waals surface area contributed by atoms with Gasteiger partial charge in [0.25, 0.3) is 5.69 Å². The van der Waals surface area contributed by atoms with Crippen LogP contribution < -0.4 is 5.32 Å². The number of hydrogen-bond acceptors (Lipinski definition) is 4. The lowest BCUT2D eigenvalue weighted by atomic mass is 10.2. The molecule has 0 unspecified atom stereocenters. The molecular formula is C13H12BrFN2O2S. The lowest BCUT2D eigenvalue weighted by molar-refractivity contribution is -0.384. The Bertz CT molecular complexity index is 653. The van der Waals surface area contributed by atoms with Crippen LogP contribution in [0.4, 0.5) is 15.8 Å². The van der Waals surface area contributed by atoms with Crippen LogP contribution in [0.5, 0.6) is 0 Å². The smallest absolute Gasteiger partial charge is 0.295 e. The first-order valence-corrected chi connectivity index (χ1v) is 7.42. The van der Waals surface area contributed by atoms with E-state index in [-0.39, 0.29) is 10.2 Å². The number of nitro groups is 1. The van der Waals surface area contributed by atoms with Gasteiger partial charge in [-0.1, -0.05) is 0 Å². The zero-order valence-electron chi connectivity index (χ0n) is 10.9. The Labute approximate surface area is 127 Å². The topological polar surface area (TPSA) is 55.2 Å². The van der Waals surface area contributed by atoms with Gasteiger partial charge in [0.1, 0.15) is 11.5 Å². The molecule has 0 fully saturated rings. The number of thiophene rings is 1. The molecule has 1 N–H and O–H groups in total. The Balaban J connectivity index is 2.24. The van der Waals surface area contributed by atoms with Crippen molar-refractivity contribution in [3.63, 3.8) is 0 Å². The number of hydrogen-bond donors (Lipinski definition) is 1.